The molecule has 1 N–H and O–H groups in total. The van der Waals surface area contributed by atoms with Gasteiger partial charge in [-0.1, -0.05) is 0 Å². The van der Waals surface area contributed by atoms with Crippen LogP contribution in [0.15, 0.2) is 45.6 Å². The van der Waals surface area contributed by atoms with Gasteiger partial charge in [-0.05, 0) is 30.3 Å². The maximum absolute atomic E-state index is 13.1. The number of anilines is 1. The summed E-state index contributed by atoms with van der Waals surface area (Å²) in [6.07, 6.45) is 0. The molecule has 5 nitrogen and oxygen atoms in total. The van der Waals surface area contributed by atoms with E-state index in [1.54, 1.807) is 0 Å². The zero-order chi connectivity index (χ0) is 15.9. The number of nitrogens with one attached hydrogen (secondary N) is 1. The van der Waals surface area contributed by atoms with Crippen molar-refractivity contribution in [2.45, 2.75) is 0 Å². The van der Waals surface area contributed by atoms with Crippen LogP contribution < -0.4 is 11.1 Å². The standard InChI is InChI=1S/C15H10F2N2O3/c1-19-12-6-8(2-5-13(12)22-15(19)21)14(20)18-9-3-4-10(16)11(17)7-9/h2-7H,1H3,(H,18,20). The van der Waals surface area contributed by atoms with Crippen LogP contribution in [0.4, 0.5) is 14.5 Å². The summed E-state index contributed by atoms with van der Waals surface area (Å²) in [5, 5.41) is 2.45. The quantitative estimate of drug-likeness (QED) is 0.791. The molecular formula is C15H10F2N2O3. The van der Waals surface area contributed by atoms with Gasteiger partial charge in [-0.25, -0.2) is 13.6 Å². The van der Waals surface area contributed by atoms with Crippen LogP contribution in [0.1, 0.15) is 10.4 Å². The number of hydrogen-bond acceptors (Lipinski definition) is 3. The van der Waals surface area contributed by atoms with Crippen molar-refractivity contribution in [3.05, 3.63) is 64.1 Å². The summed E-state index contributed by atoms with van der Waals surface area (Å²) in [5.41, 5.74) is 1.21. The minimum atomic E-state index is -1.05. The number of carbonyl (C=O) groups excluding carboxylic acids is 1. The van der Waals surface area contributed by atoms with Crippen LogP contribution in [-0.4, -0.2) is 10.5 Å². The Balaban J connectivity index is 1.93. The Hall–Kier alpha value is -2.96. The second-order valence-electron chi connectivity index (χ2n) is 4.69. The average molecular weight is 304 g/mol. The van der Waals surface area contributed by atoms with Crippen LogP contribution in [-0.2, 0) is 7.05 Å². The van der Waals surface area contributed by atoms with Gasteiger partial charge in [0.05, 0.1) is 5.52 Å². The molecule has 0 aliphatic rings. The number of aryl methyl sites for hydroxylation is 1. The predicted molar refractivity (Wildman–Crippen MR) is 75.8 cm³/mol. The molecule has 2 aromatic carbocycles. The third kappa shape index (κ3) is 2.37. The third-order valence-corrected chi connectivity index (χ3v) is 3.23. The second-order valence-corrected chi connectivity index (χ2v) is 4.69. The Morgan fingerprint density at radius 2 is 1.91 bits per heavy atom. The van der Waals surface area contributed by atoms with Crippen LogP contribution in [0.3, 0.4) is 0 Å². The molecule has 0 fully saturated rings. The molecule has 0 unspecified atom stereocenters. The molecule has 3 aromatic rings. The molecule has 1 aromatic heterocycles. The molecule has 0 saturated carbocycles. The van der Waals surface area contributed by atoms with Gasteiger partial charge >= 0.3 is 5.76 Å². The molecule has 1 amide bonds. The highest BCUT2D eigenvalue weighted by Gasteiger charge is 2.12. The van der Waals surface area contributed by atoms with E-state index in [4.69, 9.17) is 4.42 Å². The lowest BCUT2D eigenvalue weighted by atomic mass is 10.2. The number of amides is 1. The van der Waals surface area contributed by atoms with Gasteiger partial charge in [0.2, 0.25) is 0 Å². The van der Waals surface area contributed by atoms with E-state index in [9.17, 15) is 18.4 Å². The van der Waals surface area contributed by atoms with Crippen LogP contribution in [0, 0.1) is 11.6 Å². The van der Waals surface area contributed by atoms with Gasteiger partial charge in [-0.15, -0.1) is 0 Å². The number of fused-ring (bicyclic) bond motifs is 1. The number of benzene rings is 2. The molecule has 0 bridgehead atoms. The topological polar surface area (TPSA) is 64.2 Å². The first-order chi connectivity index (χ1) is 10.5. The van der Waals surface area contributed by atoms with E-state index < -0.39 is 23.3 Å². The number of carbonyl (C=O) groups is 1. The van der Waals surface area contributed by atoms with Crippen molar-refractivity contribution in [3.63, 3.8) is 0 Å². The maximum Gasteiger partial charge on any atom is 0.419 e. The fourth-order valence-corrected chi connectivity index (χ4v) is 2.05. The largest absolute Gasteiger partial charge is 0.419 e. The summed E-state index contributed by atoms with van der Waals surface area (Å²) in [4.78, 5) is 23.5. The van der Waals surface area contributed by atoms with Gasteiger partial charge in [-0.3, -0.25) is 9.36 Å². The SMILES string of the molecule is Cn1c(=O)oc2ccc(C(=O)Nc3ccc(F)c(F)c3)cc21. The summed E-state index contributed by atoms with van der Waals surface area (Å²) in [6, 6.07) is 7.52. The number of halogens is 2. The lowest BCUT2D eigenvalue weighted by molar-refractivity contribution is 0.102. The van der Waals surface area contributed by atoms with Crippen molar-refractivity contribution in [2.24, 2.45) is 7.05 Å². The van der Waals surface area contributed by atoms with Crippen molar-refractivity contribution >= 4 is 22.7 Å². The van der Waals surface area contributed by atoms with Crippen LogP contribution >= 0.6 is 0 Å². The Morgan fingerprint density at radius 1 is 1.14 bits per heavy atom. The summed E-state index contributed by atoms with van der Waals surface area (Å²) in [6.45, 7) is 0. The fraction of sp³-hybridized carbons (Fsp3) is 0.0667. The van der Waals surface area contributed by atoms with Crippen LogP contribution in [0.2, 0.25) is 0 Å². The summed E-state index contributed by atoms with van der Waals surface area (Å²) in [7, 11) is 1.52. The maximum atomic E-state index is 13.1. The molecule has 3 rings (SSSR count). The van der Waals surface area contributed by atoms with Gasteiger partial charge in [-0.2, -0.15) is 0 Å². The molecule has 22 heavy (non-hydrogen) atoms. The number of aromatic nitrogens is 1. The van der Waals surface area contributed by atoms with Gasteiger partial charge < -0.3 is 9.73 Å². The monoisotopic (exact) mass is 304 g/mol. The molecule has 0 radical (unpaired) electrons. The molecule has 0 atom stereocenters. The zero-order valence-electron chi connectivity index (χ0n) is 11.4. The minimum absolute atomic E-state index is 0.130. The number of nitrogens with zero attached hydrogens (tertiary/aromatic N) is 1. The van der Waals surface area contributed by atoms with Gasteiger partial charge in [0.1, 0.15) is 0 Å². The smallest absolute Gasteiger partial charge is 0.408 e. The Labute approximate surface area is 122 Å². The van der Waals surface area contributed by atoms with E-state index in [-0.39, 0.29) is 11.3 Å². The molecule has 1 heterocycles. The summed E-state index contributed by atoms with van der Waals surface area (Å²) in [5.74, 6) is -3.09. The van der Waals surface area contributed by atoms with Crippen molar-refractivity contribution in [3.8, 4) is 0 Å². The van der Waals surface area contributed by atoms with Gasteiger partial charge in [0.15, 0.2) is 17.2 Å². The molecule has 0 spiro atoms. The minimum Gasteiger partial charge on any atom is -0.408 e. The second kappa shape index (κ2) is 5.10. The predicted octanol–water partition coefficient (Wildman–Crippen LogP) is 2.66. The van der Waals surface area contributed by atoms with Gasteiger partial charge in [0, 0.05) is 24.4 Å². The van der Waals surface area contributed by atoms with E-state index in [2.05, 4.69) is 5.32 Å². The molecule has 0 aliphatic carbocycles. The highest BCUT2D eigenvalue weighted by molar-refractivity contribution is 6.05. The van der Waals surface area contributed by atoms with Crippen molar-refractivity contribution in [1.29, 1.82) is 0 Å². The number of oxazole rings is 1. The van der Waals surface area contributed by atoms with E-state index >= 15 is 0 Å². The van der Waals surface area contributed by atoms with Crippen molar-refractivity contribution in [2.75, 3.05) is 5.32 Å². The van der Waals surface area contributed by atoms with E-state index in [0.717, 1.165) is 12.1 Å². The first kappa shape index (κ1) is 14.0. The molecular weight excluding hydrogens is 294 g/mol. The highest BCUT2D eigenvalue weighted by atomic mass is 19.2. The Bertz CT molecular complexity index is 944. The highest BCUT2D eigenvalue weighted by Crippen LogP contribution is 2.17. The average Bonchev–Trinajstić information content (AvgIpc) is 2.78. The Kier molecular flexibility index (Phi) is 3.25. The van der Waals surface area contributed by atoms with Crippen molar-refractivity contribution in [1.82, 2.24) is 4.57 Å². The summed E-state index contributed by atoms with van der Waals surface area (Å²) < 4.78 is 32.2. The van der Waals surface area contributed by atoms with Crippen molar-refractivity contribution < 1.29 is 18.0 Å². The molecule has 0 saturated heterocycles. The zero-order valence-corrected chi connectivity index (χ0v) is 11.4. The molecule has 112 valence electrons. The van der Waals surface area contributed by atoms with Crippen LogP contribution in [0.25, 0.3) is 11.1 Å². The molecule has 7 heteroatoms. The lowest BCUT2D eigenvalue weighted by Crippen LogP contribution is -2.13. The Morgan fingerprint density at radius 3 is 2.64 bits per heavy atom. The van der Waals surface area contributed by atoms with Crippen LogP contribution in [0.5, 0.6) is 0 Å². The number of rotatable bonds is 2. The first-order valence-electron chi connectivity index (χ1n) is 6.31. The summed E-state index contributed by atoms with van der Waals surface area (Å²) >= 11 is 0. The number of hydrogen-bond donors (Lipinski definition) is 1. The van der Waals surface area contributed by atoms with Gasteiger partial charge in [0.25, 0.3) is 5.91 Å². The fourth-order valence-electron chi connectivity index (χ4n) is 2.05. The van der Waals surface area contributed by atoms with E-state index in [1.807, 2.05) is 0 Å². The molecule has 0 aliphatic heterocycles. The van der Waals surface area contributed by atoms with E-state index in [1.165, 1.54) is 35.9 Å². The third-order valence-electron chi connectivity index (χ3n) is 3.23. The normalized spacial score (nSPS) is 10.9. The first-order valence-corrected chi connectivity index (χ1v) is 6.31. The lowest BCUT2D eigenvalue weighted by Gasteiger charge is -2.06. The van der Waals surface area contributed by atoms with E-state index in [0.29, 0.717) is 11.1 Å².